The van der Waals surface area contributed by atoms with Crippen molar-refractivity contribution in [2.24, 2.45) is 0 Å². The molecular weight excluding hydrogens is 300 g/mol. The molecule has 6 heteroatoms. The van der Waals surface area contributed by atoms with Gasteiger partial charge < -0.3 is 19.3 Å². The molecule has 0 aliphatic heterocycles. The fourth-order valence-corrected chi connectivity index (χ4v) is 2.39. The fraction of sp³-hybridized carbons (Fsp3) is 0.438. The second-order valence-electron chi connectivity index (χ2n) is 6.09. The standard InChI is InChI=1S/C16H24O5Si/c1-19-13-10-12(11-14(20-2)16(13)18)6-7-15(17)21-8-9-22(3,4)5/h6-7,10-11,18H,8-9H2,1-5H3. The summed E-state index contributed by atoms with van der Waals surface area (Å²) in [5.74, 6) is 0.112. The number of hydrogen-bond acceptors (Lipinski definition) is 5. The normalized spacial score (nSPS) is 11.5. The van der Waals surface area contributed by atoms with E-state index >= 15 is 0 Å². The van der Waals surface area contributed by atoms with Crippen molar-refractivity contribution >= 4 is 20.1 Å². The number of ether oxygens (including phenoxy) is 3. The zero-order valence-corrected chi connectivity index (χ0v) is 14.8. The van der Waals surface area contributed by atoms with E-state index in [1.54, 1.807) is 18.2 Å². The van der Waals surface area contributed by atoms with Crippen molar-refractivity contribution in [3.8, 4) is 17.2 Å². The molecule has 0 aromatic heterocycles. The van der Waals surface area contributed by atoms with Gasteiger partial charge in [-0.1, -0.05) is 19.6 Å². The van der Waals surface area contributed by atoms with Gasteiger partial charge in [-0.3, -0.25) is 0 Å². The minimum atomic E-state index is -1.20. The number of aromatic hydroxyl groups is 1. The molecule has 0 saturated carbocycles. The molecule has 0 radical (unpaired) electrons. The monoisotopic (exact) mass is 324 g/mol. The summed E-state index contributed by atoms with van der Waals surface area (Å²) in [6.45, 7) is 7.13. The minimum Gasteiger partial charge on any atom is -0.502 e. The van der Waals surface area contributed by atoms with E-state index in [0.29, 0.717) is 12.2 Å². The first-order valence-electron chi connectivity index (χ1n) is 7.06. The Kier molecular flexibility index (Phi) is 6.49. The number of esters is 1. The van der Waals surface area contributed by atoms with Crippen LogP contribution in [-0.2, 0) is 9.53 Å². The Hall–Kier alpha value is -1.95. The van der Waals surface area contributed by atoms with Gasteiger partial charge in [0.15, 0.2) is 11.5 Å². The lowest BCUT2D eigenvalue weighted by molar-refractivity contribution is -0.137. The molecule has 0 unspecified atom stereocenters. The molecule has 0 fully saturated rings. The Labute approximate surface area is 132 Å². The number of benzene rings is 1. The number of hydrogen-bond donors (Lipinski definition) is 1. The third-order valence-corrected chi connectivity index (χ3v) is 4.71. The maximum atomic E-state index is 11.7. The molecule has 0 spiro atoms. The third kappa shape index (κ3) is 5.81. The van der Waals surface area contributed by atoms with Crippen LogP contribution in [0.1, 0.15) is 5.56 Å². The lowest BCUT2D eigenvalue weighted by atomic mass is 10.1. The van der Waals surface area contributed by atoms with Gasteiger partial charge >= 0.3 is 5.97 Å². The third-order valence-electron chi connectivity index (χ3n) is 3.01. The zero-order valence-electron chi connectivity index (χ0n) is 13.8. The van der Waals surface area contributed by atoms with Gasteiger partial charge in [0.05, 0.1) is 20.8 Å². The molecule has 1 rings (SSSR count). The summed E-state index contributed by atoms with van der Waals surface area (Å²) < 4.78 is 15.3. The summed E-state index contributed by atoms with van der Waals surface area (Å²) in [6.07, 6.45) is 2.96. The molecule has 0 aliphatic carbocycles. The highest BCUT2D eigenvalue weighted by molar-refractivity contribution is 6.76. The highest BCUT2D eigenvalue weighted by Crippen LogP contribution is 2.37. The SMILES string of the molecule is COc1cc(C=CC(=O)OCC[Si](C)(C)C)cc(OC)c1O. The zero-order chi connectivity index (χ0) is 16.8. The van der Waals surface area contributed by atoms with Gasteiger partial charge in [-0.15, -0.1) is 0 Å². The first-order chi connectivity index (χ1) is 10.3. The van der Waals surface area contributed by atoms with Gasteiger partial charge in [0.2, 0.25) is 5.75 Å². The van der Waals surface area contributed by atoms with Crippen LogP contribution in [0.2, 0.25) is 25.7 Å². The van der Waals surface area contributed by atoms with Crippen LogP contribution in [-0.4, -0.2) is 40.0 Å². The highest BCUT2D eigenvalue weighted by atomic mass is 28.3. The lowest BCUT2D eigenvalue weighted by Crippen LogP contribution is -2.22. The average molecular weight is 324 g/mol. The van der Waals surface area contributed by atoms with Crippen LogP contribution in [0, 0.1) is 0 Å². The quantitative estimate of drug-likeness (QED) is 0.473. The molecule has 0 amide bonds. The predicted molar refractivity (Wildman–Crippen MR) is 89.4 cm³/mol. The topological polar surface area (TPSA) is 65.0 Å². The van der Waals surface area contributed by atoms with E-state index in [1.165, 1.54) is 20.3 Å². The molecule has 5 nitrogen and oxygen atoms in total. The maximum absolute atomic E-state index is 11.7. The second kappa shape index (κ2) is 7.89. The van der Waals surface area contributed by atoms with Crippen molar-refractivity contribution in [1.29, 1.82) is 0 Å². The molecule has 22 heavy (non-hydrogen) atoms. The van der Waals surface area contributed by atoms with Crippen LogP contribution in [0.15, 0.2) is 18.2 Å². The van der Waals surface area contributed by atoms with E-state index in [0.717, 1.165) is 6.04 Å². The van der Waals surface area contributed by atoms with Crippen molar-refractivity contribution < 1.29 is 24.1 Å². The van der Waals surface area contributed by atoms with Gasteiger partial charge in [0, 0.05) is 14.1 Å². The van der Waals surface area contributed by atoms with Crippen LogP contribution in [0.25, 0.3) is 6.08 Å². The first kappa shape index (κ1) is 18.1. The van der Waals surface area contributed by atoms with Gasteiger partial charge in [0.1, 0.15) is 0 Å². The Morgan fingerprint density at radius 2 is 1.73 bits per heavy atom. The number of carbonyl (C=O) groups excluding carboxylic acids is 1. The molecule has 1 aromatic carbocycles. The number of methoxy groups -OCH3 is 2. The molecule has 122 valence electrons. The Morgan fingerprint density at radius 1 is 1.18 bits per heavy atom. The van der Waals surface area contributed by atoms with Crippen molar-refractivity contribution in [3.05, 3.63) is 23.8 Å². The molecule has 0 heterocycles. The van der Waals surface area contributed by atoms with Crippen molar-refractivity contribution in [1.82, 2.24) is 0 Å². The van der Waals surface area contributed by atoms with Gasteiger partial charge in [0.25, 0.3) is 0 Å². The summed E-state index contributed by atoms with van der Waals surface area (Å²) in [6, 6.07) is 4.17. The Bertz CT molecular complexity index is 521. The largest absolute Gasteiger partial charge is 0.502 e. The summed E-state index contributed by atoms with van der Waals surface area (Å²) in [7, 11) is 1.70. The van der Waals surface area contributed by atoms with E-state index in [2.05, 4.69) is 19.6 Å². The van der Waals surface area contributed by atoms with Crippen LogP contribution in [0.5, 0.6) is 17.2 Å². The van der Waals surface area contributed by atoms with E-state index in [1.807, 2.05) is 0 Å². The molecule has 1 aromatic rings. The predicted octanol–water partition coefficient (Wildman–Crippen LogP) is 3.30. The van der Waals surface area contributed by atoms with Gasteiger partial charge in [-0.2, -0.15) is 0 Å². The number of carbonyl (C=O) groups is 1. The van der Waals surface area contributed by atoms with E-state index < -0.39 is 8.07 Å². The smallest absolute Gasteiger partial charge is 0.330 e. The number of rotatable bonds is 7. The fourth-order valence-electron chi connectivity index (χ4n) is 1.68. The highest BCUT2D eigenvalue weighted by Gasteiger charge is 2.13. The van der Waals surface area contributed by atoms with Crippen LogP contribution in [0.4, 0.5) is 0 Å². The average Bonchev–Trinajstić information content (AvgIpc) is 2.44. The van der Waals surface area contributed by atoms with E-state index in [-0.39, 0.29) is 23.2 Å². The number of phenolic OH excluding ortho intramolecular Hbond substituents is 1. The molecule has 0 bridgehead atoms. The molecule has 0 atom stereocenters. The Morgan fingerprint density at radius 3 is 2.18 bits per heavy atom. The second-order valence-corrected chi connectivity index (χ2v) is 11.7. The molecule has 1 N–H and O–H groups in total. The van der Waals surface area contributed by atoms with Gasteiger partial charge in [-0.05, 0) is 29.8 Å². The molecule has 0 saturated heterocycles. The van der Waals surface area contributed by atoms with Crippen molar-refractivity contribution in [2.75, 3.05) is 20.8 Å². The summed E-state index contributed by atoms with van der Waals surface area (Å²) in [5.41, 5.74) is 0.675. The van der Waals surface area contributed by atoms with Gasteiger partial charge in [-0.25, -0.2) is 4.79 Å². The van der Waals surface area contributed by atoms with E-state index in [9.17, 15) is 9.90 Å². The lowest BCUT2D eigenvalue weighted by Gasteiger charge is -2.14. The molecular formula is C16H24O5Si. The van der Waals surface area contributed by atoms with E-state index in [4.69, 9.17) is 14.2 Å². The van der Waals surface area contributed by atoms with Crippen molar-refractivity contribution in [3.63, 3.8) is 0 Å². The van der Waals surface area contributed by atoms with Crippen molar-refractivity contribution in [2.45, 2.75) is 25.7 Å². The summed E-state index contributed by atoms with van der Waals surface area (Å²) in [4.78, 5) is 11.7. The first-order valence-corrected chi connectivity index (χ1v) is 10.8. The van der Waals surface area contributed by atoms with Crippen LogP contribution < -0.4 is 9.47 Å². The van der Waals surface area contributed by atoms with Crippen LogP contribution in [0.3, 0.4) is 0 Å². The molecule has 0 aliphatic rings. The minimum absolute atomic E-state index is 0.0696. The van der Waals surface area contributed by atoms with Crippen LogP contribution >= 0.6 is 0 Å². The summed E-state index contributed by atoms with van der Waals surface area (Å²) in [5, 5.41) is 9.82. The Balaban J connectivity index is 2.71. The summed E-state index contributed by atoms with van der Waals surface area (Å²) >= 11 is 0. The number of phenols is 1. The maximum Gasteiger partial charge on any atom is 0.330 e.